The third-order valence-corrected chi connectivity index (χ3v) is 3.14. The van der Waals surface area contributed by atoms with E-state index in [1.807, 2.05) is 0 Å². The summed E-state index contributed by atoms with van der Waals surface area (Å²) < 4.78 is 15.0. The number of hydrogen-bond donors (Lipinski definition) is 2. The Labute approximate surface area is 80.3 Å². The fourth-order valence-electron chi connectivity index (χ4n) is 1.08. The SMILES string of the molecule is N=S(CCN1CCOCC1)NCl. The number of ether oxygens (including phenoxy) is 1. The van der Waals surface area contributed by atoms with Crippen molar-refractivity contribution in [2.45, 2.75) is 0 Å². The van der Waals surface area contributed by atoms with Crippen molar-refractivity contribution in [1.29, 1.82) is 4.78 Å². The first kappa shape index (κ1) is 10.4. The molecule has 0 amide bonds. The van der Waals surface area contributed by atoms with Gasteiger partial charge in [-0.25, -0.2) is 0 Å². The lowest BCUT2D eigenvalue weighted by Gasteiger charge is -2.26. The van der Waals surface area contributed by atoms with E-state index in [0.717, 1.165) is 38.6 Å². The highest BCUT2D eigenvalue weighted by Gasteiger charge is 2.09. The molecule has 0 aromatic rings. The summed E-state index contributed by atoms with van der Waals surface area (Å²) in [7, 11) is -0.596. The molecule has 0 saturated carbocycles. The highest BCUT2D eigenvalue weighted by molar-refractivity contribution is 7.85. The zero-order chi connectivity index (χ0) is 8.81. The van der Waals surface area contributed by atoms with Crippen LogP contribution in [0, 0.1) is 4.78 Å². The molecule has 12 heavy (non-hydrogen) atoms. The molecule has 1 rings (SSSR count). The van der Waals surface area contributed by atoms with E-state index in [9.17, 15) is 0 Å². The van der Waals surface area contributed by atoms with Crippen molar-refractivity contribution < 1.29 is 4.74 Å². The van der Waals surface area contributed by atoms with Gasteiger partial charge in [-0.2, -0.15) is 4.24 Å². The van der Waals surface area contributed by atoms with Crippen LogP contribution in [0.2, 0.25) is 0 Å². The van der Waals surface area contributed by atoms with E-state index in [4.69, 9.17) is 21.3 Å². The second-order valence-corrected chi connectivity index (χ2v) is 4.43. The summed E-state index contributed by atoms with van der Waals surface area (Å²) in [5.74, 6) is 0.795. The fraction of sp³-hybridized carbons (Fsp3) is 1.00. The molecule has 0 aromatic heterocycles. The number of halogens is 1. The van der Waals surface area contributed by atoms with Crippen LogP contribution in [0.3, 0.4) is 0 Å². The third-order valence-electron chi connectivity index (χ3n) is 1.81. The van der Waals surface area contributed by atoms with Gasteiger partial charge in [-0.1, -0.05) is 0 Å². The van der Waals surface area contributed by atoms with Crippen LogP contribution < -0.4 is 4.24 Å². The van der Waals surface area contributed by atoms with E-state index in [1.165, 1.54) is 0 Å². The molecule has 72 valence electrons. The van der Waals surface area contributed by atoms with Gasteiger partial charge in [0, 0.05) is 25.4 Å². The lowest BCUT2D eigenvalue weighted by molar-refractivity contribution is 0.0409. The van der Waals surface area contributed by atoms with Gasteiger partial charge in [0.15, 0.2) is 0 Å². The number of nitrogens with one attached hydrogen (secondary N) is 2. The molecule has 4 nitrogen and oxygen atoms in total. The minimum absolute atomic E-state index is 0.596. The predicted molar refractivity (Wildman–Crippen MR) is 51.2 cm³/mol. The second-order valence-electron chi connectivity index (χ2n) is 2.63. The number of nitrogens with zero attached hydrogens (tertiary/aromatic N) is 1. The topological polar surface area (TPSA) is 48.4 Å². The summed E-state index contributed by atoms with van der Waals surface area (Å²) in [5.41, 5.74) is 0. The zero-order valence-corrected chi connectivity index (χ0v) is 8.46. The molecule has 0 aromatic carbocycles. The second kappa shape index (κ2) is 5.88. The van der Waals surface area contributed by atoms with Crippen molar-refractivity contribution >= 4 is 22.7 Å². The molecule has 0 aliphatic carbocycles. The third kappa shape index (κ3) is 3.82. The molecular weight excluding hydrogens is 198 g/mol. The summed E-state index contributed by atoms with van der Waals surface area (Å²) in [6.45, 7) is 4.55. The van der Waals surface area contributed by atoms with Gasteiger partial charge in [0.2, 0.25) is 0 Å². The van der Waals surface area contributed by atoms with Crippen molar-refractivity contribution in [3.63, 3.8) is 0 Å². The molecule has 1 atom stereocenters. The molecule has 1 heterocycles. The molecule has 1 aliphatic rings. The van der Waals surface area contributed by atoms with Crippen molar-refractivity contribution in [2.75, 3.05) is 38.6 Å². The first-order chi connectivity index (χ1) is 5.83. The van der Waals surface area contributed by atoms with Crippen LogP contribution in [0.5, 0.6) is 0 Å². The Morgan fingerprint density at radius 3 is 2.75 bits per heavy atom. The van der Waals surface area contributed by atoms with Gasteiger partial charge < -0.3 is 4.74 Å². The Morgan fingerprint density at radius 1 is 1.50 bits per heavy atom. The summed E-state index contributed by atoms with van der Waals surface area (Å²) >= 11 is 5.30. The maximum Gasteiger partial charge on any atom is 0.0594 e. The highest BCUT2D eigenvalue weighted by atomic mass is 35.5. The minimum Gasteiger partial charge on any atom is -0.379 e. The van der Waals surface area contributed by atoms with E-state index in [0.29, 0.717) is 0 Å². The van der Waals surface area contributed by atoms with E-state index in [1.54, 1.807) is 0 Å². The van der Waals surface area contributed by atoms with Crippen molar-refractivity contribution in [3.8, 4) is 0 Å². The Bertz CT molecular complexity index is 152. The summed E-state index contributed by atoms with van der Waals surface area (Å²) in [5, 5.41) is 0. The first-order valence-corrected chi connectivity index (χ1v) is 5.68. The summed E-state index contributed by atoms with van der Waals surface area (Å²) in [6, 6.07) is 0. The largest absolute Gasteiger partial charge is 0.379 e. The van der Waals surface area contributed by atoms with Gasteiger partial charge in [0.1, 0.15) is 0 Å². The molecule has 0 radical (unpaired) electrons. The lowest BCUT2D eigenvalue weighted by atomic mass is 10.4. The predicted octanol–water partition coefficient (Wildman–Crippen LogP) is 0.358. The molecule has 6 heteroatoms. The average Bonchev–Trinajstić information content (AvgIpc) is 2.16. The lowest BCUT2D eigenvalue weighted by Crippen LogP contribution is -2.38. The van der Waals surface area contributed by atoms with Crippen LogP contribution in [0.15, 0.2) is 0 Å². The van der Waals surface area contributed by atoms with Gasteiger partial charge in [0.25, 0.3) is 0 Å². The van der Waals surface area contributed by atoms with Gasteiger partial charge in [-0.15, -0.1) is 0 Å². The van der Waals surface area contributed by atoms with Crippen LogP contribution in [-0.4, -0.2) is 43.5 Å². The molecule has 1 saturated heterocycles. The van der Waals surface area contributed by atoms with E-state index >= 15 is 0 Å². The Balaban J connectivity index is 2.09. The Morgan fingerprint density at radius 2 is 2.17 bits per heavy atom. The van der Waals surface area contributed by atoms with Crippen LogP contribution in [0.25, 0.3) is 0 Å². The van der Waals surface area contributed by atoms with E-state index in [-0.39, 0.29) is 0 Å². The van der Waals surface area contributed by atoms with Crippen molar-refractivity contribution in [1.82, 2.24) is 9.14 Å². The molecule has 1 fully saturated rings. The molecule has 0 spiro atoms. The minimum atomic E-state index is -0.596. The van der Waals surface area contributed by atoms with Crippen LogP contribution in [0.1, 0.15) is 0 Å². The quantitative estimate of drug-likeness (QED) is 0.661. The summed E-state index contributed by atoms with van der Waals surface area (Å²) in [4.78, 5) is 2.30. The van der Waals surface area contributed by atoms with Crippen molar-refractivity contribution in [2.24, 2.45) is 0 Å². The standard InChI is InChI=1S/C6H14ClN3OS/c7-9-12(8)6-3-10-1-4-11-5-2-10/h1-6H2,(H2,8,9). The van der Waals surface area contributed by atoms with Gasteiger partial charge >= 0.3 is 0 Å². The number of rotatable bonds is 4. The number of hydrogen-bond acceptors (Lipinski definition) is 3. The maximum absolute atomic E-state index is 7.37. The van der Waals surface area contributed by atoms with Gasteiger partial charge in [-0.3, -0.25) is 9.68 Å². The number of morpholine rings is 1. The molecule has 0 bridgehead atoms. The molecule has 1 unspecified atom stereocenters. The van der Waals surface area contributed by atoms with Crippen LogP contribution in [-0.2, 0) is 15.6 Å². The highest BCUT2D eigenvalue weighted by Crippen LogP contribution is 1.96. The van der Waals surface area contributed by atoms with Gasteiger partial charge in [0.05, 0.1) is 13.2 Å². The van der Waals surface area contributed by atoms with Crippen LogP contribution in [0.4, 0.5) is 0 Å². The smallest absolute Gasteiger partial charge is 0.0594 e. The normalized spacial score (nSPS) is 22.4. The molecule has 2 N–H and O–H groups in total. The monoisotopic (exact) mass is 211 g/mol. The average molecular weight is 212 g/mol. The van der Waals surface area contributed by atoms with E-state index < -0.39 is 10.9 Å². The fourth-order valence-corrected chi connectivity index (χ4v) is 1.83. The molecule has 1 aliphatic heterocycles. The zero-order valence-electron chi connectivity index (χ0n) is 6.88. The Kier molecular flexibility index (Phi) is 5.10. The summed E-state index contributed by atoms with van der Waals surface area (Å²) in [6.07, 6.45) is 0. The van der Waals surface area contributed by atoms with Crippen molar-refractivity contribution in [3.05, 3.63) is 0 Å². The Hall–Kier alpha value is 0.320. The van der Waals surface area contributed by atoms with E-state index in [2.05, 4.69) is 9.14 Å². The maximum atomic E-state index is 7.37. The van der Waals surface area contributed by atoms with Gasteiger partial charge in [-0.05, 0) is 22.7 Å². The van der Waals surface area contributed by atoms with Crippen LogP contribution >= 0.6 is 11.8 Å². The molecular formula is C6H14ClN3OS. The first-order valence-electron chi connectivity index (χ1n) is 3.91.